The summed E-state index contributed by atoms with van der Waals surface area (Å²) in [6, 6.07) is 1.97. The third-order valence-corrected chi connectivity index (χ3v) is 3.38. The van der Waals surface area contributed by atoms with Gasteiger partial charge < -0.3 is 5.32 Å². The van der Waals surface area contributed by atoms with Crippen molar-refractivity contribution < 1.29 is 0 Å². The van der Waals surface area contributed by atoms with E-state index in [0.717, 1.165) is 24.5 Å². The Bertz CT molecular complexity index is 247. The van der Waals surface area contributed by atoms with Gasteiger partial charge in [0.25, 0.3) is 0 Å². The molecular weight excluding hydrogens is 202 g/mol. The maximum Gasteiger partial charge on any atom is 0.0545 e. The van der Waals surface area contributed by atoms with Gasteiger partial charge in [-0.1, -0.05) is 25.4 Å². The van der Waals surface area contributed by atoms with E-state index in [1.54, 1.807) is 11.3 Å². The van der Waals surface area contributed by atoms with Gasteiger partial charge in [-0.3, -0.25) is 0 Å². The van der Waals surface area contributed by atoms with Crippen molar-refractivity contribution in [2.45, 2.75) is 20.3 Å². The number of rotatable bonds is 5. The number of hydrogen-bond acceptors (Lipinski definition) is 2. The van der Waals surface area contributed by atoms with Crippen molar-refractivity contribution in [2.24, 2.45) is 5.92 Å². The Balaban J connectivity index is 2.36. The van der Waals surface area contributed by atoms with Crippen LogP contribution in [0.25, 0.3) is 0 Å². The molecule has 0 saturated carbocycles. The van der Waals surface area contributed by atoms with Gasteiger partial charge in [0, 0.05) is 4.88 Å². The highest BCUT2D eigenvalue weighted by atomic mass is 35.5. The molecule has 0 amide bonds. The summed E-state index contributed by atoms with van der Waals surface area (Å²) >= 11 is 7.76. The average molecular weight is 218 g/mol. The number of halogens is 1. The zero-order valence-corrected chi connectivity index (χ0v) is 9.71. The highest BCUT2D eigenvalue weighted by Gasteiger charge is 2.07. The summed E-state index contributed by atoms with van der Waals surface area (Å²) in [4.78, 5) is 1.31. The van der Waals surface area contributed by atoms with Crippen LogP contribution >= 0.6 is 22.9 Å². The van der Waals surface area contributed by atoms with Crippen LogP contribution in [-0.2, 0) is 6.42 Å². The van der Waals surface area contributed by atoms with Gasteiger partial charge in [0.2, 0.25) is 0 Å². The van der Waals surface area contributed by atoms with Gasteiger partial charge in [0.15, 0.2) is 0 Å². The summed E-state index contributed by atoms with van der Waals surface area (Å²) in [5, 5.41) is 6.32. The molecule has 0 aromatic carbocycles. The van der Waals surface area contributed by atoms with Crippen molar-refractivity contribution >= 4 is 22.9 Å². The Hall–Kier alpha value is -0.0500. The maximum atomic E-state index is 6.01. The molecule has 3 heteroatoms. The molecule has 0 radical (unpaired) electrons. The lowest BCUT2D eigenvalue weighted by Crippen LogP contribution is -2.21. The first-order valence-electron chi connectivity index (χ1n) is 4.66. The molecule has 1 unspecified atom stereocenters. The lowest BCUT2D eigenvalue weighted by molar-refractivity contribution is 0.525. The third-order valence-electron chi connectivity index (χ3n) is 1.97. The highest BCUT2D eigenvalue weighted by Crippen LogP contribution is 2.24. The van der Waals surface area contributed by atoms with E-state index in [0.29, 0.717) is 5.92 Å². The fraction of sp³-hybridized carbons (Fsp3) is 0.600. The first kappa shape index (κ1) is 11.0. The molecule has 13 heavy (non-hydrogen) atoms. The van der Waals surface area contributed by atoms with E-state index in [1.807, 2.05) is 6.07 Å². The molecule has 0 bridgehead atoms. The maximum absolute atomic E-state index is 6.01. The lowest BCUT2D eigenvalue weighted by Gasteiger charge is -2.10. The molecule has 1 nitrogen and oxygen atoms in total. The molecule has 1 aromatic heterocycles. The largest absolute Gasteiger partial charge is 0.317 e. The molecule has 0 fully saturated rings. The zero-order valence-electron chi connectivity index (χ0n) is 8.14. The van der Waals surface area contributed by atoms with Crippen molar-refractivity contribution in [1.82, 2.24) is 5.32 Å². The Morgan fingerprint density at radius 2 is 2.38 bits per heavy atom. The van der Waals surface area contributed by atoms with Crippen molar-refractivity contribution in [3.63, 3.8) is 0 Å². The predicted octanol–water partition coefficient (Wildman–Crippen LogP) is 3.19. The van der Waals surface area contributed by atoms with E-state index >= 15 is 0 Å². The van der Waals surface area contributed by atoms with Crippen LogP contribution in [0.1, 0.15) is 18.7 Å². The van der Waals surface area contributed by atoms with Crippen molar-refractivity contribution in [3.05, 3.63) is 21.3 Å². The van der Waals surface area contributed by atoms with Crippen LogP contribution in [0.5, 0.6) is 0 Å². The average Bonchev–Trinajstić information content (AvgIpc) is 2.48. The van der Waals surface area contributed by atoms with Gasteiger partial charge in [-0.05, 0) is 36.9 Å². The molecule has 1 atom stereocenters. The summed E-state index contributed by atoms with van der Waals surface area (Å²) in [7, 11) is 0. The summed E-state index contributed by atoms with van der Waals surface area (Å²) in [5.74, 6) is 0.663. The zero-order chi connectivity index (χ0) is 9.68. The third kappa shape index (κ3) is 3.67. The minimum absolute atomic E-state index is 0.663. The van der Waals surface area contributed by atoms with Crippen molar-refractivity contribution in [2.75, 3.05) is 13.1 Å². The molecule has 0 aliphatic carbocycles. The monoisotopic (exact) mass is 217 g/mol. The van der Waals surface area contributed by atoms with Crippen LogP contribution < -0.4 is 5.32 Å². The van der Waals surface area contributed by atoms with Crippen LogP contribution in [0.15, 0.2) is 11.4 Å². The smallest absolute Gasteiger partial charge is 0.0545 e. The van der Waals surface area contributed by atoms with Gasteiger partial charge in [-0.15, -0.1) is 11.3 Å². The first-order chi connectivity index (χ1) is 6.24. The molecule has 74 valence electrons. The SMILES string of the molecule is CCNCC(C)Cc1sccc1Cl. The number of nitrogens with one attached hydrogen (secondary N) is 1. The molecule has 0 aliphatic heterocycles. The Morgan fingerprint density at radius 1 is 1.62 bits per heavy atom. The molecule has 1 N–H and O–H groups in total. The summed E-state index contributed by atoms with van der Waals surface area (Å²) < 4.78 is 0. The second kappa shape index (κ2) is 5.63. The van der Waals surface area contributed by atoms with Crippen LogP contribution in [0.2, 0.25) is 5.02 Å². The summed E-state index contributed by atoms with van der Waals surface area (Å²) in [5.41, 5.74) is 0. The topological polar surface area (TPSA) is 12.0 Å². The van der Waals surface area contributed by atoms with Gasteiger partial charge in [0.05, 0.1) is 5.02 Å². The van der Waals surface area contributed by atoms with E-state index in [4.69, 9.17) is 11.6 Å². The van der Waals surface area contributed by atoms with Crippen LogP contribution in [0, 0.1) is 5.92 Å². The Labute approximate surface area is 89.1 Å². The number of hydrogen-bond donors (Lipinski definition) is 1. The second-order valence-corrected chi connectivity index (χ2v) is 4.72. The molecule has 1 rings (SSSR count). The fourth-order valence-corrected chi connectivity index (χ4v) is 2.53. The van der Waals surface area contributed by atoms with Crippen molar-refractivity contribution in [3.8, 4) is 0 Å². The Morgan fingerprint density at radius 3 is 2.92 bits per heavy atom. The normalized spacial score (nSPS) is 13.2. The summed E-state index contributed by atoms with van der Waals surface area (Å²) in [6.07, 6.45) is 1.09. The van der Waals surface area contributed by atoms with E-state index in [9.17, 15) is 0 Å². The Kier molecular flexibility index (Phi) is 4.78. The highest BCUT2D eigenvalue weighted by molar-refractivity contribution is 7.10. The van der Waals surface area contributed by atoms with Gasteiger partial charge in [-0.25, -0.2) is 0 Å². The standard InChI is InChI=1S/C10H16ClNS/c1-3-12-7-8(2)6-10-9(11)4-5-13-10/h4-5,8,12H,3,6-7H2,1-2H3. The molecule has 0 saturated heterocycles. The van der Waals surface area contributed by atoms with Gasteiger partial charge in [-0.2, -0.15) is 0 Å². The van der Waals surface area contributed by atoms with Crippen molar-refractivity contribution in [1.29, 1.82) is 0 Å². The van der Waals surface area contributed by atoms with Crippen LogP contribution in [0.3, 0.4) is 0 Å². The van der Waals surface area contributed by atoms with Crippen LogP contribution in [-0.4, -0.2) is 13.1 Å². The fourth-order valence-electron chi connectivity index (χ4n) is 1.25. The quantitative estimate of drug-likeness (QED) is 0.799. The minimum Gasteiger partial charge on any atom is -0.317 e. The first-order valence-corrected chi connectivity index (χ1v) is 5.92. The molecule has 1 aromatic rings. The second-order valence-electron chi connectivity index (χ2n) is 3.31. The van der Waals surface area contributed by atoms with Crippen LogP contribution in [0.4, 0.5) is 0 Å². The number of thiophene rings is 1. The summed E-state index contributed by atoms with van der Waals surface area (Å²) in [6.45, 7) is 6.50. The molecular formula is C10H16ClNS. The van der Waals surface area contributed by atoms with Gasteiger partial charge >= 0.3 is 0 Å². The molecule has 0 spiro atoms. The molecule has 0 aliphatic rings. The van der Waals surface area contributed by atoms with E-state index in [2.05, 4.69) is 24.5 Å². The lowest BCUT2D eigenvalue weighted by atomic mass is 10.1. The van der Waals surface area contributed by atoms with E-state index in [1.165, 1.54) is 4.88 Å². The van der Waals surface area contributed by atoms with Gasteiger partial charge in [0.1, 0.15) is 0 Å². The minimum atomic E-state index is 0.663. The van der Waals surface area contributed by atoms with E-state index in [-0.39, 0.29) is 0 Å². The molecule has 1 heterocycles. The van der Waals surface area contributed by atoms with E-state index < -0.39 is 0 Å². The predicted molar refractivity (Wildman–Crippen MR) is 60.7 cm³/mol.